The third kappa shape index (κ3) is 3.45. The smallest absolute Gasteiger partial charge is 0.115 e. The number of nitrogens with zero attached hydrogens (tertiary/aromatic N) is 1. The molecule has 1 heterocycles. The highest BCUT2D eigenvalue weighted by Gasteiger charge is 2.20. The predicted molar refractivity (Wildman–Crippen MR) is 86.8 cm³/mol. The highest BCUT2D eigenvalue weighted by Crippen LogP contribution is 2.31. The first-order valence-electron chi connectivity index (χ1n) is 7.76. The van der Waals surface area contributed by atoms with Crippen molar-refractivity contribution in [2.45, 2.75) is 25.2 Å². The number of rotatable bonds is 3. The first-order valence-corrected chi connectivity index (χ1v) is 7.76. The fraction of sp³-hybridized carbons (Fsp3) is 0.368. The summed E-state index contributed by atoms with van der Waals surface area (Å²) in [6.07, 6.45) is 3.45. The van der Waals surface area contributed by atoms with Gasteiger partial charge in [-0.15, -0.1) is 0 Å². The number of likely N-dealkylation sites (tertiary alicyclic amines) is 1. The molecule has 21 heavy (non-hydrogen) atoms. The lowest BCUT2D eigenvalue weighted by Crippen LogP contribution is -2.29. The second kappa shape index (κ2) is 6.31. The Balaban J connectivity index is 1.80. The van der Waals surface area contributed by atoms with E-state index in [1.807, 2.05) is 12.1 Å². The van der Waals surface area contributed by atoms with E-state index in [0.29, 0.717) is 11.7 Å². The average molecular weight is 281 g/mol. The number of hydrogen-bond donors (Lipinski definition) is 1. The van der Waals surface area contributed by atoms with E-state index in [4.69, 9.17) is 0 Å². The zero-order chi connectivity index (χ0) is 14.7. The summed E-state index contributed by atoms with van der Waals surface area (Å²) in [7, 11) is 2.21. The minimum absolute atomic E-state index is 0.336. The Hall–Kier alpha value is -1.80. The van der Waals surface area contributed by atoms with E-state index in [0.717, 1.165) is 6.42 Å². The van der Waals surface area contributed by atoms with Gasteiger partial charge in [-0.05, 0) is 74.1 Å². The van der Waals surface area contributed by atoms with Gasteiger partial charge >= 0.3 is 0 Å². The number of benzene rings is 2. The van der Waals surface area contributed by atoms with E-state index in [9.17, 15) is 5.11 Å². The molecule has 0 spiro atoms. The molecule has 110 valence electrons. The lowest BCUT2D eigenvalue weighted by molar-refractivity contribution is 0.255. The van der Waals surface area contributed by atoms with E-state index in [1.165, 1.54) is 42.6 Å². The number of phenolic OH excluding ortho intramolecular Hbond substituents is 1. The van der Waals surface area contributed by atoms with E-state index < -0.39 is 0 Å². The highest BCUT2D eigenvalue weighted by atomic mass is 16.3. The first-order chi connectivity index (χ1) is 10.2. The van der Waals surface area contributed by atoms with Crippen LogP contribution >= 0.6 is 0 Å². The summed E-state index contributed by atoms with van der Waals surface area (Å²) in [6.45, 7) is 2.39. The van der Waals surface area contributed by atoms with Crippen molar-refractivity contribution in [2.24, 2.45) is 0 Å². The monoisotopic (exact) mass is 281 g/mol. The third-order valence-corrected chi connectivity index (χ3v) is 4.54. The number of hydrogen-bond acceptors (Lipinski definition) is 2. The zero-order valence-electron chi connectivity index (χ0n) is 12.6. The van der Waals surface area contributed by atoms with E-state index in [2.05, 4.69) is 36.2 Å². The normalized spacial score (nSPS) is 17.0. The lowest BCUT2D eigenvalue weighted by Gasteiger charge is -2.30. The van der Waals surface area contributed by atoms with Crippen molar-refractivity contribution >= 4 is 0 Å². The molecule has 0 radical (unpaired) electrons. The van der Waals surface area contributed by atoms with Crippen molar-refractivity contribution in [3.8, 4) is 5.75 Å². The van der Waals surface area contributed by atoms with E-state index in [1.54, 1.807) is 12.1 Å². The van der Waals surface area contributed by atoms with Gasteiger partial charge in [0.05, 0.1) is 0 Å². The van der Waals surface area contributed by atoms with Gasteiger partial charge in [-0.2, -0.15) is 0 Å². The second-order valence-electron chi connectivity index (χ2n) is 6.12. The summed E-state index contributed by atoms with van der Waals surface area (Å²) in [5.41, 5.74) is 4.20. The molecule has 1 aliphatic heterocycles. The standard InChI is InChI=1S/C19H23NO/c1-20-12-10-16(11-13-20)19-5-3-2-4-17(19)14-15-6-8-18(21)9-7-15/h2-9,16,21H,10-14H2,1H3. The van der Waals surface area contributed by atoms with Crippen LogP contribution in [0.4, 0.5) is 0 Å². The fourth-order valence-corrected chi connectivity index (χ4v) is 3.25. The van der Waals surface area contributed by atoms with Crippen molar-refractivity contribution in [3.63, 3.8) is 0 Å². The van der Waals surface area contributed by atoms with Gasteiger partial charge < -0.3 is 10.0 Å². The van der Waals surface area contributed by atoms with E-state index in [-0.39, 0.29) is 0 Å². The summed E-state index contributed by atoms with van der Waals surface area (Å²) in [5.74, 6) is 1.02. The van der Waals surface area contributed by atoms with Crippen LogP contribution in [0.15, 0.2) is 48.5 Å². The third-order valence-electron chi connectivity index (χ3n) is 4.54. The molecule has 1 saturated heterocycles. The van der Waals surface area contributed by atoms with Gasteiger partial charge in [-0.25, -0.2) is 0 Å². The summed E-state index contributed by atoms with van der Waals surface area (Å²) >= 11 is 0. The molecule has 2 aromatic carbocycles. The molecule has 1 fully saturated rings. The molecule has 1 aliphatic rings. The van der Waals surface area contributed by atoms with Gasteiger partial charge in [-0.1, -0.05) is 36.4 Å². The number of piperidine rings is 1. The van der Waals surface area contributed by atoms with Crippen LogP contribution in [-0.2, 0) is 6.42 Å². The van der Waals surface area contributed by atoms with Crippen molar-refractivity contribution in [3.05, 3.63) is 65.2 Å². The van der Waals surface area contributed by atoms with Gasteiger partial charge in [0.15, 0.2) is 0 Å². The van der Waals surface area contributed by atoms with Crippen LogP contribution in [0.1, 0.15) is 35.4 Å². The van der Waals surface area contributed by atoms with Gasteiger partial charge in [-0.3, -0.25) is 0 Å². The fourth-order valence-electron chi connectivity index (χ4n) is 3.25. The number of phenols is 1. The van der Waals surface area contributed by atoms with Gasteiger partial charge in [0, 0.05) is 0 Å². The van der Waals surface area contributed by atoms with Crippen LogP contribution in [0.2, 0.25) is 0 Å². The SMILES string of the molecule is CN1CCC(c2ccccc2Cc2ccc(O)cc2)CC1. The maximum absolute atomic E-state index is 9.40. The van der Waals surface area contributed by atoms with Crippen LogP contribution in [0, 0.1) is 0 Å². The van der Waals surface area contributed by atoms with Crippen molar-refractivity contribution in [2.75, 3.05) is 20.1 Å². The molecule has 0 aromatic heterocycles. The van der Waals surface area contributed by atoms with Crippen LogP contribution in [-0.4, -0.2) is 30.1 Å². The molecule has 0 unspecified atom stereocenters. The van der Waals surface area contributed by atoms with Gasteiger partial charge in [0.2, 0.25) is 0 Å². The van der Waals surface area contributed by atoms with Crippen molar-refractivity contribution in [1.29, 1.82) is 0 Å². The largest absolute Gasteiger partial charge is 0.508 e. The first kappa shape index (κ1) is 14.2. The maximum Gasteiger partial charge on any atom is 0.115 e. The van der Waals surface area contributed by atoms with Gasteiger partial charge in [0.25, 0.3) is 0 Å². The predicted octanol–water partition coefficient (Wildman–Crippen LogP) is 3.79. The molecule has 0 saturated carbocycles. The van der Waals surface area contributed by atoms with Gasteiger partial charge in [0.1, 0.15) is 5.75 Å². The molecule has 2 aromatic rings. The van der Waals surface area contributed by atoms with Crippen LogP contribution in [0.25, 0.3) is 0 Å². The topological polar surface area (TPSA) is 23.5 Å². The van der Waals surface area contributed by atoms with Crippen molar-refractivity contribution < 1.29 is 5.11 Å². The quantitative estimate of drug-likeness (QED) is 0.925. The Labute approximate surface area is 127 Å². The molecule has 2 nitrogen and oxygen atoms in total. The van der Waals surface area contributed by atoms with Crippen LogP contribution in [0.3, 0.4) is 0 Å². The number of aromatic hydroxyl groups is 1. The average Bonchev–Trinajstić information content (AvgIpc) is 2.51. The molecule has 0 atom stereocenters. The Morgan fingerprint density at radius 2 is 1.67 bits per heavy atom. The maximum atomic E-state index is 9.40. The molecule has 2 heteroatoms. The highest BCUT2D eigenvalue weighted by molar-refractivity contribution is 5.36. The summed E-state index contributed by atoms with van der Waals surface area (Å²) in [6, 6.07) is 16.4. The molecule has 0 bridgehead atoms. The Morgan fingerprint density at radius 1 is 1.00 bits per heavy atom. The Bertz CT molecular complexity index is 583. The van der Waals surface area contributed by atoms with E-state index >= 15 is 0 Å². The Kier molecular flexibility index (Phi) is 4.26. The van der Waals surface area contributed by atoms with Crippen molar-refractivity contribution in [1.82, 2.24) is 4.90 Å². The molecule has 0 amide bonds. The summed E-state index contributed by atoms with van der Waals surface area (Å²) in [4.78, 5) is 2.42. The molecular weight excluding hydrogens is 258 g/mol. The summed E-state index contributed by atoms with van der Waals surface area (Å²) < 4.78 is 0. The molecule has 1 N–H and O–H groups in total. The Morgan fingerprint density at radius 3 is 2.38 bits per heavy atom. The lowest BCUT2D eigenvalue weighted by atomic mass is 9.85. The zero-order valence-corrected chi connectivity index (χ0v) is 12.6. The minimum atomic E-state index is 0.336. The summed E-state index contributed by atoms with van der Waals surface area (Å²) in [5, 5.41) is 9.40. The molecule has 0 aliphatic carbocycles. The van der Waals surface area contributed by atoms with Crippen LogP contribution < -0.4 is 0 Å². The molecule has 3 rings (SSSR count). The second-order valence-corrected chi connectivity index (χ2v) is 6.12. The minimum Gasteiger partial charge on any atom is -0.508 e. The molecular formula is C19H23NO. The van der Waals surface area contributed by atoms with Crippen LogP contribution in [0.5, 0.6) is 5.75 Å².